The molecule has 2 N–H and O–H groups in total. The van der Waals surface area contributed by atoms with Gasteiger partial charge in [0.1, 0.15) is 0 Å². The Morgan fingerprint density at radius 2 is 1.88 bits per heavy atom. The summed E-state index contributed by atoms with van der Waals surface area (Å²) in [6.45, 7) is 12.7. The topological polar surface area (TPSA) is 29.3 Å². The summed E-state index contributed by atoms with van der Waals surface area (Å²) in [6.07, 6.45) is 0. The third-order valence-electron chi connectivity index (χ3n) is 3.44. The molecule has 1 rings (SSSR count). The molecule has 2 heteroatoms. The van der Waals surface area contributed by atoms with E-state index < -0.39 is 0 Å². The van der Waals surface area contributed by atoms with Crippen molar-refractivity contribution in [3.05, 3.63) is 34.9 Å². The highest BCUT2D eigenvalue weighted by Gasteiger charge is 2.21. The van der Waals surface area contributed by atoms with Crippen LogP contribution in [0.25, 0.3) is 0 Å². The summed E-state index contributed by atoms with van der Waals surface area (Å²) >= 11 is 0. The molecule has 0 aliphatic heterocycles. The van der Waals surface area contributed by atoms with Crippen molar-refractivity contribution in [2.45, 2.75) is 46.7 Å². The zero-order chi connectivity index (χ0) is 13.0. The van der Waals surface area contributed by atoms with Crippen LogP contribution in [0.15, 0.2) is 18.2 Å². The Balaban J connectivity index is 3.08. The number of aryl methyl sites for hydroxylation is 2. The zero-order valence-corrected chi connectivity index (χ0v) is 11.8. The third kappa shape index (κ3) is 3.30. The maximum absolute atomic E-state index is 5.98. The van der Waals surface area contributed by atoms with E-state index in [0.29, 0.717) is 18.6 Å². The second-order valence-electron chi connectivity index (χ2n) is 5.04. The van der Waals surface area contributed by atoms with Gasteiger partial charge in [-0.15, -0.1) is 0 Å². The molecule has 0 heterocycles. The van der Waals surface area contributed by atoms with E-state index in [1.807, 2.05) is 0 Å². The first-order chi connectivity index (χ1) is 8.01. The van der Waals surface area contributed by atoms with Gasteiger partial charge in [0.15, 0.2) is 0 Å². The first kappa shape index (κ1) is 14.2. The van der Waals surface area contributed by atoms with Gasteiger partial charge in [-0.25, -0.2) is 0 Å². The number of nitrogens with zero attached hydrogens (tertiary/aromatic N) is 1. The van der Waals surface area contributed by atoms with Crippen LogP contribution in [0.3, 0.4) is 0 Å². The molecule has 0 fully saturated rings. The fraction of sp³-hybridized carbons (Fsp3) is 0.600. The van der Waals surface area contributed by atoms with Gasteiger partial charge in [-0.2, -0.15) is 0 Å². The van der Waals surface area contributed by atoms with E-state index in [4.69, 9.17) is 5.73 Å². The summed E-state index contributed by atoms with van der Waals surface area (Å²) in [5, 5.41) is 0. The van der Waals surface area contributed by atoms with Crippen LogP contribution in [-0.4, -0.2) is 24.0 Å². The Hall–Kier alpha value is -0.860. The van der Waals surface area contributed by atoms with Crippen molar-refractivity contribution in [1.29, 1.82) is 0 Å². The number of rotatable bonds is 5. The number of hydrogen-bond donors (Lipinski definition) is 1. The molecule has 1 aromatic carbocycles. The molecule has 17 heavy (non-hydrogen) atoms. The number of benzene rings is 1. The van der Waals surface area contributed by atoms with Crippen molar-refractivity contribution in [2.24, 2.45) is 5.73 Å². The second kappa shape index (κ2) is 6.18. The van der Waals surface area contributed by atoms with Gasteiger partial charge in [0.2, 0.25) is 0 Å². The van der Waals surface area contributed by atoms with E-state index in [9.17, 15) is 0 Å². The Kier molecular flexibility index (Phi) is 5.16. The van der Waals surface area contributed by atoms with Crippen LogP contribution in [0.4, 0.5) is 0 Å². The summed E-state index contributed by atoms with van der Waals surface area (Å²) in [4.78, 5) is 2.46. The normalized spacial score (nSPS) is 13.4. The molecule has 96 valence electrons. The highest BCUT2D eigenvalue weighted by atomic mass is 15.2. The van der Waals surface area contributed by atoms with Crippen molar-refractivity contribution in [1.82, 2.24) is 4.90 Å². The van der Waals surface area contributed by atoms with Gasteiger partial charge in [-0.3, -0.25) is 4.90 Å². The van der Waals surface area contributed by atoms with Gasteiger partial charge >= 0.3 is 0 Å². The lowest BCUT2D eigenvalue weighted by molar-refractivity contribution is 0.166. The lowest BCUT2D eigenvalue weighted by Crippen LogP contribution is -2.38. The maximum atomic E-state index is 5.98. The Bertz CT molecular complexity index is 358. The Labute approximate surface area is 106 Å². The summed E-state index contributed by atoms with van der Waals surface area (Å²) in [5.41, 5.74) is 10.0. The van der Waals surface area contributed by atoms with Crippen LogP contribution in [-0.2, 0) is 0 Å². The molecule has 1 unspecified atom stereocenters. The van der Waals surface area contributed by atoms with Gasteiger partial charge in [0, 0.05) is 18.6 Å². The molecule has 0 bridgehead atoms. The van der Waals surface area contributed by atoms with E-state index in [0.717, 1.165) is 6.54 Å². The fourth-order valence-corrected chi connectivity index (χ4v) is 2.59. The zero-order valence-electron chi connectivity index (χ0n) is 11.8. The van der Waals surface area contributed by atoms with Crippen LogP contribution < -0.4 is 5.73 Å². The first-order valence-corrected chi connectivity index (χ1v) is 6.54. The lowest BCUT2D eigenvalue weighted by atomic mass is 9.97. The van der Waals surface area contributed by atoms with Gasteiger partial charge in [-0.1, -0.05) is 30.7 Å². The molecule has 1 atom stereocenters. The van der Waals surface area contributed by atoms with E-state index in [-0.39, 0.29) is 0 Å². The number of likely N-dealkylation sites (N-methyl/N-ethyl adjacent to an activating group) is 1. The molecule has 0 amide bonds. The smallest absolute Gasteiger partial charge is 0.0475 e. The number of nitrogens with two attached hydrogens (primary N) is 1. The molecule has 0 spiro atoms. The average molecular weight is 234 g/mol. The quantitative estimate of drug-likeness (QED) is 0.848. The van der Waals surface area contributed by atoms with Crippen LogP contribution in [0.1, 0.15) is 43.5 Å². The van der Waals surface area contributed by atoms with Crippen LogP contribution in [0, 0.1) is 13.8 Å². The molecule has 0 radical (unpaired) electrons. The Morgan fingerprint density at radius 3 is 2.29 bits per heavy atom. The largest absolute Gasteiger partial charge is 0.329 e. The molecule has 0 saturated heterocycles. The molecule has 0 aliphatic rings. The monoisotopic (exact) mass is 234 g/mol. The van der Waals surface area contributed by atoms with Crippen LogP contribution >= 0.6 is 0 Å². The SMILES string of the molecule is CCN(C(C)C)C(CN)c1ccc(C)cc1C. The predicted molar refractivity (Wildman–Crippen MR) is 75.2 cm³/mol. The van der Waals surface area contributed by atoms with Crippen LogP contribution in [0.2, 0.25) is 0 Å². The van der Waals surface area contributed by atoms with E-state index in [1.165, 1.54) is 16.7 Å². The molecular weight excluding hydrogens is 208 g/mol. The minimum absolute atomic E-state index is 0.334. The van der Waals surface area contributed by atoms with E-state index >= 15 is 0 Å². The summed E-state index contributed by atoms with van der Waals surface area (Å²) in [5.74, 6) is 0. The predicted octanol–water partition coefficient (Wildman–Crippen LogP) is 3.03. The standard InChI is InChI=1S/C15H26N2/c1-6-17(11(2)3)15(10-16)14-8-7-12(4)9-13(14)5/h7-9,11,15H,6,10,16H2,1-5H3. The molecule has 0 saturated carbocycles. The summed E-state index contributed by atoms with van der Waals surface area (Å²) in [6, 6.07) is 7.51. The minimum Gasteiger partial charge on any atom is -0.329 e. The summed E-state index contributed by atoms with van der Waals surface area (Å²) < 4.78 is 0. The van der Waals surface area contributed by atoms with Crippen molar-refractivity contribution in [3.63, 3.8) is 0 Å². The van der Waals surface area contributed by atoms with Crippen molar-refractivity contribution in [3.8, 4) is 0 Å². The highest BCUT2D eigenvalue weighted by Crippen LogP contribution is 2.25. The van der Waals surface area contributed by atoms with Gasteiger partial charge in [0.25, 0.3) is 0 Å². The number of hydrogen-bond acceptors (Lipinski definition) is 2. The third-order valence-corrected chi connectivity index (χ3v) is 3.44. The van der Waals surface area contributed by atoms with Gasteiger partial charge in [-0.05, 0) is 45.4 Å². The summed E-state index contributed by atoms with van der Waals surface area (Å²) in [7, 11) is 0. The Morgan fingerprint density at radius 1 is 1.24 bits per heavy atom. The van der Waals surface area contributed by atoms with Crippen molar-refractivity contribution in [2.75, 3.05) is 13.1 Å². The molecule has 0 aromatic heterocycles. The molecule has 2 nitrogen and oxygen atoms in total. The van der Waals surface area contributed by atoms with Gasteiger partial charge in [0.05, 0.1) is 0 Å². The average Bonchev–Trinajstić information content (AvgIpc) is 2.26. The van der Waals surface area contributed by atoms with E-state index in [1.54, 1.807) is 0 Å². The molecule has 0 aliphatic carbocycles. The van der Waals surface area contributed by atoms with E-state index in [2.05, 4.69) is 57.7 Å². The lowest BCUT2D eigenvalue weighted by Gasteiger charge is -2.34. The van der Waals surface area contributed by atoms with Gasteiger partial charge < -0.3 is 5.73 Å². The maximum Gasteiger partial charge on any atom is 0.0475 e. The van der Waals surface area contributed by atoms with Crippen molar-refractivity contribution >= 4 is 0 Å². The highest BCUT2D eigenvalue weighted by molar-refractivity contribution is 5.33. The molecule has 1 aromatic rings. The van der Waals surface area contributed by atoms with Crippen LogP contribution in [0.5, 0.6) is 0 Å². The first-order valence-electron chi connectivity index (χ1n) is 6.54. The fourth-order valence-electron chi connectivity index (χ4n) is 2.59. The minimum atomic E-state index is 0.334. The van der Waals surface area contributed by atoms with Crippen molar-refractivity contribution < 1.29 is 0 Å². The second-order valence-corrected chi connectivity index (χ2v) is 5.04. The molecular formula is C15H26N2.